The Morgan fingerprint density at radius 1 is 1.09 bits per heavy atom. The van der Waals surface area contributed by atoms with Crippen LogP contribution in [0.15, 0.2) is 23.5 Å². The Hall–Kier alpha value is -2.22. The van der Waals surface area contributed by atoms with Crippen molar-refractivity contribution in [2.45, 2.75) is 108 Å². The van der Waals surface area contributed by atoms with Crippen LogP contribution in [0.5, 0.6) is 0 Å². The number of hydrogen-bond donors (Lipinski definition) is 8. The molecular weight excluding hydrogens is 628 g/mol. The summed E-state index contributed by atoms with van der Waals surface area (Å²) < 4.78 is 33.8. The molecule has 1 aliphatic carbocycles. The summed E-state index contributed by atoms with van der Waals surface area (Å²) in [6.07, 6.45) is -8.59. The minimum Gasteiger partial charge on any atom is -0.478 e. The number of aliphatic carboxylic acids is 1. The number of carboxylic acid groups (broad SMARTS) is 1. The molecule has 0 amide bonds. The van der Waals surface area contributed by atoms with Crippen LogP contribution in [-0.2, 0) is 38.0 Å². The molecule has 3 fully saturated rings. The Balaban J connectivity index is 1.43. The zero-order chi connectivity index (χ0) is 34.6. The summed E-state index contributed by atoms with van der Waals surface area (Å²) in [6, 6.07) is 0. The number of ether oxygens (including phenoxy) is 6. The van der Waals surface area contributed by atoms with E-state index in [9.17, 15) is 45.3 Å². The lowest BCUT2D eigenvalue weighted by Gasteiger charge is -2.45. The summed E-state index contributed by atoms with van der Waals surface area (Å²) in [5, 5.41) is 82.5. The summed E-state index contributed by atoms with van der Waals surface area (Å²) in [5.41, 5.74) is -1.85. The number of aliphatic hydroxyl groups excluding tert-OH is 6. The first-order chi connectivity index (χ1) is 22.2. The molecule has 0 aromatic rings. The van der Waals surface area contributed by atoms with Crippen LogP contribution in [0.4, 0.5) is 0 Å². The third-order valence-corrected chi connectivity index (χ3v) is 9.66. The van der Waals surface area contributed by atoms with Gasteiger partial charge in [0.1, 0.15) is 37.1 Å². The molecule has 8 N–H and O–H groups in total. The van der Waals surface area contributed by atoms with Crippen molar-refractivity contribution in [3.05, 3.63) is 23.5 Å². The minimum atomic E-state index is -2.10. The van der Waals surface area contributed by atoms with Gasteiger partial charge >= 0.3 is 11.9 Å². The van der Waals surface area contributed by atoms with Gasteiger partial charge in [0.05, 0.1) is 31.2 Å². The fourth-order valence-corrected chi connectivity index (χ4v) is 6.51. The van der Waals surface area contributed by atoms with Crippen molar-refractivity contribution >= 4 is 11.9 Å². The molecule has 0 spiro atoms. The van der Waals surface area contributed by atoms with E-state index in [0.717, 1.165) is 12.7 Å². The fraction of sp³-hybridized carbons (Fsp3) is 0.806. The Morgan fingerprint density at radius 3 is 2.47 bits per heavy atom. The molecule has 3 heterocycles. The Kier molecular flexibility index (Phi) is 12.8. The van der Waals surface area contributed by atoms with Gasteiger partial charge in [0.2, 0.25) is 6.29 Å². The lowest BCUT2D eigenvalue weighted by molar-refractivity contribution is -0.365. The number of carboxylic acids is 1. The Morgan fingerprint density at radius 2 is 1.81 bits per heavy atom. The van der Waals surface area contributed by atoms with Crippen LogP contribution in [-0.4, -0.2) is 140 Å². The lowest BCUT2D eigenvalue weighted by Crippen LogP contribution is -2.62. The third-order valence-electron chi connectivity index (χ3n) is 9.66. The van der Waals surface area contributed by atoms with Crippen molar-refractivity contribution < 1.29 is 78.9 Å². The van der Waals surface area contributed by atoms with Crippen molar-refractivity contribution in [2.24, 2.45) is 23.7 Å². The highest BCUT2D eigenvalue weighted by Crippen LogP contribution is 2.47. The van der Waals surface area contributed by atoms with Crippen molar-refractivity contribution in [3.8, 4) is 0 Å². The molecule has 14 atom stereocenters. The SMILES string of the molecule is CC(=CCCC(C)CCO)C(=O)OCC1(O)COC(OC2C(OC3OC=C(C(=O)O)C4CC(O)C(C)C34)OC(CO)C(O)C2O)C1O. The van der Waals surface area contributed by atoms with Gasteiger partial charge < -0.3 is 69.3 Å². The predicted molar refractivity (Wildman–Crippen MR) is 157 cm³/mol. The second kappa shape index (κ2) is 16.0. The number of aliphatic hydroxyl groups is 7. The van der Waals surface area contributed by atoms with E-state index in [1.807, 2.05) is 6.92 Å². The number of allylic oxidation sites excluding steroid dienone is 1. The maximum Gasteiger partial charge on any atom is 0.334 e. The van der Waals surface area contributed by atoms with Crippen molar-refractivity contribution in [2.75, 3.05) is 26.4 Å². The smallest absolute Gasteiger partial charge is 0.334 e. The highest BCUT2D eigenvalue weighted by molar-refractivity contribution is 5.88. The Labute approximate surface area is 272 Å². The number of carbonyl (C=O) groups excluding carboxylic acids is 1. The van der Waals surface area contributed by atoms with Crippen LogP contribution >= 0.6 is 0 Å². The van der Waals surface area contributed by atoms with Gasteiger partial charge in [0.15, 0.2) is 18.2 Å². The number of carbonyl (C=O) groups is 2. The van der Waals surface area contributed by atoms with Crippen LogP contribution in [0.2, 0.25) is 0 Å². The van der Waals surface area contributed by atoms with Gasteiger partial charge in [-0.15, -0.1) is 0 Å². The molecule has 16 heteroatoms. The molecule has 16 nitrogen and oxygen atoms in total. The molecule has 4 rings (SSSR count). The van der Waals surface area contributed by atoms with Crippen LogP contribution in [0.3, 0.4) is 0 Å². The van der Waals surface area contributed by atoms with Gasteiger partial charge in [-0.3, -0.25) is 0 Å². The molecule has 1 saturated carbocycles. The molecule has 2 saturated heterocycles. The number of esters is 1. The molecule has 0 bridgehead atoms. The van der Waals surface area contributed by atoms with Gasteiger partial charge in [-0.05, 0) is 44.4 Å². The largest absolute Gasteiger partial charge is 0.478 e. The van der Waals surface area contributed by atoms with Crippen molar-refractivity contribution in [3.63, 3.8) is 0 Å². The summed E-state index contributed by atoms with van der Waals surface area (Å²) in [7, 11) is 0. The molecule has 0 radical (unpaired) electrons. The average molecular weight is 677 g/mol. The number of rotatable bonds is 14. The van der Waals surface area contributed by atoms with Gasteiger partial charge in [0.25, 0.3) is 0 Å². The van der Waals surface area contributed by atoms with E-state index in [1.165, 1.54) is 0 Å². The number of hydrogen-bond acceptors (Lipinski definition) is 15. The standard InChI is InChI=1S/C31H48O16/c1-14(7-8-32)5-4-6-15(2)27(40)43-12-31(41)13-44-30(25(31)37)46-24-23(36)22(35)20(10-33)45-29(24)47-28-21-16(3)19(34)9-17(21)18(11-42-28)26(38)39/h6,11,14,16-17,19-25,28-30,32-37,41H,4-5,7-10,12-13H2,1-3H3,(H,38,39). The zero-order valence-corrected chi connectivity index (χ0v) is 26.7. The van der Waals surface area contributed by atoms with Gasteiger partial charge in [-0.25, -0.2) is 9.59 Å². The second-order valence-electron chi connectivity index (χ2n) is 13.1. The normalized spacial score (nSPS) is 41.1. The van der Waals surface area contributed by atoms with Gasteiger partial charge in [-0.2, -0.15) is 0 Å². The van der Waals surface area contributed by atoms with E-state index in [2.05, 4.69) is 0 Å². The first-order valence-electron chi connectivity index (χ1n) is 15.9. The van der Waals surface area contributed by atoms with E-state index >= 15 is 0 Å². The number of fused-ring (bicyclic) bond motifs is 1. The van der Waals surface area contributed by atoms with E-state index in [-0.39, 0.29) is 24.5 Å². The molecule has 14 unspecified atom stereocenters. The van der Waals surface area contributed by atoms with Crippen LogP contribution in [0, 0.1) is 23.7 Å². The highest BCUT2D eigenvalue weighted by atomic mass is 16.8. The lowest BCUT2D eigenvalue weighted by atomic mass is 9.83. The van der Waals surface area contributed by atoms with E-state index in [0.29, 0.717) is 18.4 Å². The van der Waals surface area contributed by atoms with Crippen molar-refractivity contribution in [1.29, 1.82) is 0 Å². The maximum atomic E-state index is 12.5. The first-order valence-corrected chi connectivity index (χ1v) is 15.9. The molecule has 3 aliphatic heterocycles. The predicted octanol–water partition coefficient (Wildman–Crippen LogP) is -1.48. The van der Waals surface area contributed by atoms with Crippen LogP contribution < -0.4 is 0 Å². The fourth-order valence-electron chi connectivity index (χ4n) is 6.51. The summed E-state index contributed by atoms with van der Waals surface area (Å²) in [4.78, 5) is 24.3. The van der Waals surface area contributed by atoms with E-state index in [1.54, 1.807) is 19.9 Å². The van der Waals surface area contributed by atoms with E-state index < -0.39 is 111 Å². The molecule has 4 aliphatic rings. The first kappa shape index (κ1) is 37.6. The van der Waals surface area contributed by atoms with E-state index in [4.69, 9.17) is 33.5 Å². The quantitative estimate of drug-likeness (QED) is 0.0772. The average Bonchev–Trinajstić information content (AvgIpc) is 3.49. The van der Waals surface area contributed by atoms with Crippen LogP contribution in [0.25, 0.3) is 0 Å². The second-order valence-corrected chi connectivity index (χ2v) is 13.1. The summed E-state index contributed by atoms with van der Waals surface area (Å²) >= 11 is 0. The Bertz CT molecular complexity index is 1140. The minimum absolute atomic E-state index is 0.0416. The topological polar surface area (TPSA) is 251 Å². The molecule has 0 aromatic carbocycles. The van der Waals surface area contributed by atoms with Gasteiger partial charge in [-0.1, -0.05) is 19.9 Å². The van der Waals surface area contributed by atoms with Crippen molar-refractivity contribution in [1.82, 2.24) is 0 Å². The van der Waals surface area contributed by atoms with Crippen LogP contribution in [0.1, 0.15) is 46.5 Å². The highest BCUT2D eigenvalue weighted by Gasteiger charge is 2.56. The van der Waals surface area contributed by atoms with Gasteiger partial charge in [0, 0.05) is 24.0 Å². The molecule has 47 heavy (non-hydrogen) atoms. The molecule has 268 valence electrons. The molecule has 0 aromatic heterocycles. The zero-order valence-electron chi connectivity index (χ0n) is 26.7. The summed E-state index contributed by atoms with van der Waals surface area (Å²) in [5.74, 6) is -3.42. The monoisotopic (exact) mass is 676 g/mol. The summed E-state index contributed by atoms with van der Waals surface area (Å²) in [6.45, 7) is 3.42. The molecular formula is C31H48O16. The maximum absolute atomic E-state index is 12.5. The third kappa shape index (κ3) is 8.33.